The van der Waals surface area contributed by atoms with Crippen LogP contribution in [0.3, 0.4) is 0 Å². The minimum absolute atomic E-state index is 0.469. The van der Waals surface area contributed by atoms with Crippen LogP contribution in [0.15, 0.2) is 22.7 Å². The number of nitrogens with zero attached hydrogens (tertiary/aromatic N) is 2. The second kappa shape index (κ2) is 6.15. The standard InChI is InChI=1S/C14H22BrN3/c1-11-3-4-12(14(15)7-11)9-18-6-5-17(2)10-13(18)8-16/h3-4,7,13H,5-6,8-10,16H2,1-2H3. The van der Waals surface area contributed by atoms with Crippen molar-refractivity contribution in [1.82, 2.24) is 9.80 Å². The van der Waals surface area contributed by atoms with Crippen LogP contribution < -0.4 is 5.73 Å². The van der Waals surface area contributed by atoms with Gasteiger partial charge in [-0.1, -0.05) is 28.1 Å². The molecule has 0 amide bonds. The number of rotatable bonds is 3. The molecule has 0 spiro atoms. The van der Waals surface area contributed by atoms with Gasteiger partial charge in [-0.15, -0.1) is 0 Å². The van der Waals surface area contributed by atoms with Gasteiger partial charge in [0.2, 0.25) is 0 Å². The Kier molecular flexibility index (Phi) is 4.78. The van der Waals surface area contributed by atoms with E-state index in [0.717, 1.165) is 32.7 Å². The van der Waals surface area contributed by atoms with Crippen LogP contribution >= 0.6 is 15.9 Å². The zero-order chi connectivity index (χ0) is 13.1. The average Bonchev–Trinajstić information content (AvgIpc) is 2.34. The third-order valence-electron chi connectivity index (χ3n) is 3.66. The van der Waals surface area contributed by atoms with Crippen molar-refractivity contribution in [3.8, 4) is 0 Å². The van der Waals surface area contributed by atoms with E-state index in [0.29, 0.717) is 6.04 Å². The molecule has 1 aliphatic heterocycles. The second-order valence-electron chi connectivity index (χ2n) is 5.22. The molecule has 1 atom stereocenters. The SMILES string of the molecule is Cc1ccc(CN2CCN(C)CC2CN)c(Br)c1. The molecule has 2 N–H and O–H groups in total. The fourth-order valence-corrected chi connectivity index (χ4v) is 3.10. The number of nitrogens with two attached hydrogens (primary N) is 1. The number of hydrogen-bond donors (Lipinski definition) is 1. The van der Waals surface area contributed by atoms with Gasteiger partial charge in [-0.25, -0.2) is 0 Å². The Hall–Kier alpha value is -0.420. The van der Waals surface area contributed by atoms with E-state index in [1.54, 1.807) is 0 Å². The molecule has 2 rings (SSSR count). The maximum absolute atomic E-state index is 5.89. The zero-order valence-electron chi connectivity index (χ0n) is 11.2. The van der Waals surface area contributed by atoms with Crippen molar-refractivity contribution in [2.45, 2.75) is 19.5 Å². The molecule has 0 bridgehead atoms. The molecular formula is C14H22BrN3. The molecule has 1 unspecified atom stereocenters. The number of piperazine rings is 1. The van der Waals surface area contributed by atoms with E-state index >= 15 is 0 Å². The summed E-state index contributed by atoms with van der Waals surface area (Å²) in [5.41, 5.74) is 8.53. The van der Waals surface area contributed by atoms with Gasteiger partial charge in [0, 0.05) is 43.2 Å². The molecule has 1 heterocycles. The molecule has 1 fully saturated rings. The van der Waals surface area contributed by atoms with E-state index in [2.05, 4.69) is 57.9 Å². The lowest BCUT2D eigenvalue weighted by Gasteiger charge is -2.39. The molecule has 18 heavy (non-hydrogen) atoms. The molecular weight excluding hydrogens is 290 g/mol. The van der Waals surface area contributed by atoms with Gasteiger partial charge in [0.15, 0.2) is 0 Å². The van der Waals surface area contributed by atoms with E-state index in [1.165, 1.54) is 15.6 Å². The average molecular weight is 312 g/mol. The van der Waals surface area contributed by atoms with Gasteiger partial charge in [0.1, 0.15) is 0 Å². The topological polar surface area (TPSA) is 32.5 Å². The lowest BCUT2D eigenvalue weighted by atomic mass is 10.1. The van der Waals surface area contributed by atoms with Gasteiger partial charge >= 0.3 is 0 Å². The molecule has 4 heteroatoms. The summed E-state index contributed by atoms with van der Waals surface area (Å²) in [6.45, 7) is 7.12. The molecule has 3 nitrogen and oxygen atoms in total. The van der Waals surface area contributed by atoms with E-state index in [-0.39, 0.29) is 0 Å². The first-order valence-electron chi connectivity index (χ1n) is 6.48. The van der Waals surface area contributed by atoms with E-state index in [1.807, 2.05) is 0 Å². The van der Waals surface area contributed by atoms with Crippen molar-refractivity contribution in [1.29, 1.82) is 0 Å². The third kappa shape index (κ3) is 3.32. The molecule has 100 valence electrons. The number of hydrogen-bond acceptors (Lipinski definition) is 3. The predicted octanol–water partition coefficient (Wildman–Crippen LogP) is 1.83. The minimum Gasteiger partial charge on any atom is -0.329 e. The quantitative estimate of drug-likeness (QED) is 0.924. The monoisotopic (exact) mass is 311 g/mol. The molecule has 0 aliphatic carbocycles. The largest absolute Gasteiger partial charge is 0.329 e. The van der Waals surface area contributed by atoms with Crippen LogP contribution in [0.1, 0.15) is 11.1 Å². The molecule has 0 radical (unpaired) electrons. The smallest absolute Gasteiger partial charge is 0.0349 e. The second-order valence-corrected chi connectivity index (χ2v) is 6.07. The molecule has 1 saturated heterocycles. The van der Waals surface area contributed by atoms with Crippen LogP contribution in [0.25, 0.3) is 0 Å². The summed E-state index contributed by atoms with van der Waals surface area (Å²) in [6, 6.07) is 7.04. The Balaban J connectivity index is 2.07. The van der Waals surface area contributed by atoms with Crippen molar-refractivity contribution in [2.75, 3.05) is 33.2 Å². The summed E-state index contributed by atoms with van der Waals surface area (Å²) in [5.74, 6) is 0. The predicted molar refractivity (Wildman–Crippen MR) is 79.6 cm³/mol. The van der Waals surface area contributed by atoms with Crippen LogP contribution in [0.4, 0.5) is 0 Å². The molecule has 0 aromatic heterocycles. The van der Waals surface area contributed by atoms with E-state index in [9.17, 15) is 0 Å². The summed E-state index contributed by atoms with van der Waals surface area (Å²) >= 11 is 3.66. The van der Waals surface area contributed by atoms with Crippen molar-refractivity contribution in [2.24, 2.45) is 5.73 Å². The lowest BCUT2D eigenvalue weighted by molar-refractivity contribution is 0.0879. The Labute approximate surface area is 118 Å². The van der Waals surface area contributed by atoms with Crippen molar-refractivity contribution in [3.05, 3.63) is 33.8 Å². The fraction of sp³-hybridized carbons (Fsp3) is 0.571. The van der Waals surface area contributed by atoms with Crippen LogP contribution in [-0.4, -0.2) is 49.1 Å². The highest BCUT2D eigenvalue weighted by atomic mass is 79.9. The summed E-state index contributed by atoms with van der Waals surface area (Å²) in [6.07, 6.45) is 0. The highest BCUT2D eigenvalue weighted by Gasteiger charge is 2.24. The van der Waals surface area contributed by atoms with Crippen LogP contribution in [0.5, 0.6) is 0 Å². The molecule has 1 aromatic carbocycles. The van der Waals surface area contributed by atoms with Crippen LogP contribution in [0.2, 0.25) is 0 Å². The highest BCUT2D eigenvalue weighted by molar-refractivity contribution is 9.10. The van der Waals surface area contributed by atoms with Crippen molar-refractivity contribution < 1.29 is 0 Å². The van der Waals surface area contributed by atoms with Gasteiger partial charge < -0.3 is 10.6 Å². The summed E-state index contributed by atoms with van der Waals surface area (Å²) < 4.78 is 1.21. The molecule has 1 aliphatic rings. The van der Waals surface area contributed by atoms with Crippen LogP contribution in [-0.2, 0) is 6.54 Å². The van der Waals surface area contributed by atoms with Crippen LogP contribution in [0, 0.1) is 6.92 Å². The minimum atomic E-state index is 0.469. The van der Waals surface area contributed by atoms with Gasteiger partial charge in [-0.05, 0) is 31.2 Å². The summed E-state index contributed by atoms with van der Waals surface area (Å²) in [4.78, 5) is 4.85. The van der Waals surface area contributed by atoms with Gasteiger partial charge in [-0.2, -0.15) is 0 Å². The number of aryl methyl sites for hydroxylation is 1. The first kappa shape index (κ1) is 14.0. The highest BCUT2D eigenvalue weighted by Crippen LogP contribution is 2.21. The number of halogens is 1. The number of benzene rings is 1. The van der Waals surface area contributed by atoms with Crippen molar-refractivity contribution in [3.63, 3.8) is 0 Å². The fourth-order valence-electron chi connectivity index (χ4n) is 2.48. The lowest BCUT2D eigenvalue weighted by Crippen LogP contribution is -2.54. The Morgan fingerprint density at radius 2 is 2.17 bits per heavy atom. The summed E-state index contributed by atoms with van der Waals surface area (Å²) in [5, 5.41) is 0. The van der Waals surface area contributed by atoms with Gasteiger partial charge in [-0.3, -0.25) is 4.90 Å². The molecule has 0 saturated carbocycles. The summed E-state index contributed by atoms with van der Waals surface area (Å²) in [7, 11) is 2.17. The maximum atomic E-state index is 5.89. The third-order valence-corrected chi connectivity index (χ3v) is 4.40. The molecule has 1 aromatic rings. The number of likely N-dealkylation sites (N-methyl/N-ethyl adjacent to an activating group) is 1. The van der Waals surface area contributed by atoms with E-state index in [4.69, 9.17) is 5.73 Å². The zero-order valence-corrected chi connectivity index (χ0v) is 12.8. The Morgan fingerprint density at radius 1 is 1.39 bits per heavy atom. The Bertz CT molecular complexity index is 408. The maximum Gasteiger partial charge on any atom is 0.0349 e. The first-order chi connectivity index (χ1) is 8.60. The first-order valence-corrected chi connectivity index (χ1v) is 7.27. The van der Waals surface area contributed by atoms with Gasteiger partial charge in [0.25, 0.3) is 0 Å². The normalized spacial score (nSPS) is 22.3. The Morgan fingerprint density at radius 3 is 2.83 bits per heavy atom. The van der Waals surface area contributed by atoms with Gasteiger partial charge in [0.05, 0.1) is 0 Å². The van der Waals surface area contributed by atoms with E-state index < -0.39 is 0 Å². The van der Waals surface area contributed by atoms with Crippen molar-refractivity contribution >= 4 is 15.9 Å².